The first-order valence-corrected chi connectivity index (χ1v) is 18.8. The van der Waals surface area contributed by atoms with E-state index in [0.717, 1.165) is 5.56 Å². The third-order valence-corrected chi connectivity index (χ3v) is 10.3. The molecule has 3 N–H and O–H groups in total. The molecule has 0 bridgehead atoms. The Morgan fingerprint density at radius 3 is 2.14 bits per heavy atom. The standard InChI is InChI=1S/C41H35F3N4O8S/c1-4-56-22-23-16-34(54-2)37(35(17-23)55-3)30-12-9-26(29-6-5-14-46-39(29)30)18-33(41(50)51)47-40(49)38-31(42)20-27(21-32(38)43)48-57(52,53)28-10-7-24(8-11-28)25-13-15-45-36(44)19-25/h5-17,19-21,33,48H,4,18,22H2,1-3H3,(H,47,49)(H,50,51)/t33-/m0/s1. The van der Waals surface area contributed by atoms with Gasteiger partial charge in [-0.05, 0) is 77.7 Å². The Balaban J connectivity index is 1.23. The number of benzene rings is 4. The van der Waals surface area contributed by atoms with Crippen LogP contribution in [-0.2, 0) is 32.6 Å². The highest BCUT2D eigenvalue weighted by atomic mass is 32.2. The van der Waals surface area contributed by atoms with Crippen LogP contribution in [0.25, 0.3) is 33.2 Å². The molecule has 57 heavy (non-hydrogen) atoms. The second-order valence-electron chi connectivity index (χ2n) is 12.6. The largest absolute Gasteiger partial charge is 0.496 e. The van der Waals surface area contributed by atoms with Gasteiger partial charge in [-0.1, -0.05) is 30.3 Å². The molecule has 16 heteroatoms. The predicted molar refractivity (Wildman–Crippen MR) is 205 cm³/mol. The van der Waals surface area contributed by atoms with Crippen LogP contribution in [0.3, 0.4) is 0 Å². The minimum atomic E-state index is -4.38. The molecule has 4 aromatic carbocycles. The number of rotatable bonds is 15. The molecule has 6 rings (SSSR count). The van der Waals surface area contributed by atoms with Gasteiger partial charge in [-0.15, -0.1) is 0 Å². The van der Waals surface area contributed by atoms with Crippen molar-refractivity contribution >= 4 is 38.5 Å². The molecule has 6 aromatic rings. The number of pyridine rings is 2. The number of anilines is 1. The van der Waals surface area contributed by atoms with Crippen LogP contribution in [0.4, 0.5) is 18.9 Å². The lowest BCUT2D eigenvalue weighted by Crippen LogP contribution is -2.43. The van der Waals surface area contributed by atoms with Gasteiger partial charge in [0, 0.05) is 42.4 Å². The molecule has 2 heterocycles. The van der Waals surface area contributed by atoms with Gasteiger partial charge in [0.25, 0.3) is 15.9 Å². The number of halogens is 3. The molecular weight excluding hydrogens is 766 g/mol. The molecule has 294 valence electrons. The summed E-state index contributed by atoms with van der Waals surface area (Å²) >= 11 is 0. The summed E-state index contributed by atoms with van der Waals surface area (Å²) in [6.07, 6.45) is 2.51. The Morgan fingerprint density at radius 1 is 0.842 bits per heavy atom. The van der Waals surface area contributed by atoms with Crippen LogP contribution in [-0.4, -0.2) is 62.2 Å². The molecule has 0 saturated heterocycles. The van der Waals surface area contributed by atoms with Crippen LogP contribution in [0.2, 0.25) is 0 Å². The first-order chi connectivity index (χ1) is 27.3. The Morgan fingerprint density at radius 2 is 1.53 bits per heavy atom. The van der Waals surface area contributed by atoms with Crippen LogP contribution >= 0.6 is 0 Å². The van der Waals surface area contributed by atoms with Crippen molar-refractivity contribution in [3.8, 4) is 33.8 Å². The lowest BCUT2D eigenvalue weighted by atomic mass is 9.93. The summed E-state index contributed by atoms with van der Waals surface area (Å²) < 4.78 is 89.4. The quantitative estimate of drug-likeness (QED) is 0.0908. The van der Waals surface area contributed by atoms with Gasteiger partial charge in [-0.25, -0.2) is 27.0 Å². The lowest BCUT2D eigenvalue weighted by Gasteiger charge is -2.19. The van der Waals surface area contributed by atoms with Crippen LogP contribution in [0.15, 0.2) is 102 Å². The number of nitrogens with zero attached hydrogens (tertiary/aromatic N) is 2. The second-order valence-corrected chi connectivity index (χ2v) is 14.2. The first kappa shape index (κ1) is 40.2. The minimum Gasteiger partial charge on any atom is -0.496 e. The molecule has 0 saturated carbocycles. The molecular formula is C41H35F3N4O8S. The van der Waals surface area contributed by atoms with Crippen molar-refractivity contribution in [3.63, 3.8) is 0 Å². The highest BCUT2D eigenvalue weighted by molar-refractivity contribution is 7.92. The number of hydrogen-bond acceptors (Lipinski definition) is 9. The monoisotopic (exact) mass is 800 g/mol. The van der Waals surface area contributed by atoms with Crippen molar-refractivity contribution in [3.05, 3.63) is 132 Å². The maximum atomic E-state index is 15.4. The van der Waals surface area contributed by atoms with Crippen molar-refractivity contribution < 1.29 is 50.5 Å². The predicted octanol–water partition coefficient (Wildman–Crippen LogP) is 7.16. The number of sulfonamides is 1. The number of carbonyl (C=O) groups excluding carboxylic acids is 1. The second kappa shape index (κ2) is 17.1. The van der Waals surface area contributed by atoms with E-state index in [9.17, 15) is 27.5 Å². The molecule has 1 amide bonds. The van der Waals surface area contributed by atoms with Crippen LogP contribution in [0, 0.1) is 17.6 Å². The van der Waals surface area contributed by atoms with Crippen molar-refractivity contribution in [1.82, 2.24) is 15.3 Å². The molecule has 2 aromatic heterocycles. The Labute approximate surface area is 325 Å². The first-order valence-electron chi connectivity index (χ1n) is 17.3. The maximum Gasteiger partial charge on any atom is 0.326 e. The number of carboxylic acid groups (broad SMARTS) is 1. The van der Waals surface area contributed by atoms with Crippen LogP contribution in [0.1, 0.15) is 28.4 Å². The SMILES string of the molecule is CCOCc1cc(OC)c(-c2ccc(C[C@H](NC(=O)c3c(F)cc(NS(=O)(=O)c4ccc(-c5ccnc(F)c5)cc4)cc3F)C(=O)O)c3cccnc23)c(OC)c1. The fraction of sp³-hybridized carbons (Fsp3) is 0.171. The van der Waals surface area contributed by atoms with E-state index in [2.05, 4.69) is 20.0 Å². The van der Waals surface area contributed by atoms with E-state index in [4.69, 9.17) is 14.2 Å². The molecule has 0 unspecified atom stereocenters. The van der Waals surface area contributed by atoms with Gasteiger partial charge in [-0.3, -0.25) is 14.5 Å². The number of amides is 1. The zero-order valence-corrected chi connectivity index (χ0v) is 31.5. The van der Waals surface area contributed by atoms with Gasteiger partial charge >= 0.3 is 5.97 Å². The van der Waals surface area contributed by atoms with Crippen LogP contribution in [0.5, 0.6) is 11.5 Å². The third kappa shape index (κ3) is 8.82. The summed E-state index contributed by atoms with van der Waals surface area (Å²) in [4.78, 5) is 33.5. The Kier molecular flexibility index (Phi) is 12.0. The summed E-state index contributed by atoms with van der Waals surface area (Å²) in [6.45, 7) is 2.72. The van der Waals surface area contributed by atoms with E-state index in [-0.39, 0.29) is 11.3 Å². The van der Waals surface area contributed by atoms with Crippen molar-refractivity contribution in [2.45, 2.75) is 30.9 Å². The fourth-order valence-corrected chi connectivity index (χ4v) is 7.31. The van der Waals surface area contributed by atoms with Crippen molar-refractivity contribution in [2.24, 2.45) is 0 Å². The number of aliphatic carboxylic acids is 1. The van der Waals surface area contributed by atoms with E-state index >= 15 is 8.78 Å². The number of carboxylic acids is 1. The molecule has 0 spiro atoms. The average molecular weight is 801 g/mol. The number of carbonyl (C=O) groups is 2. The van der Waals surface area contributed by atoms with Gasteiger partial charge in [0.05, 0.1) is 42.5 Å². The Hall–Kier alpha value is -6.52. The summed E-state index contributed by atoms with van der Waals surface area (Å²) in [5.74, 6) is -5.51. The number of fused-ring (bicyclic) bond motifs is 1. The van der Waals surface area contributed by atoms with E-state index in [1.807, 2.05) is 19.1 Å². The summed E-state index contributed by atoms with van der Waals surface area (Å²) in [5, 5.41) is 12.8. The lowest BCUT2D eigenvalue weighted by molar-refractivity contribution is -0.139. The maximum absolute atomic E-state index is 15.4. The highest BCUT2D eigenvalue weighted by Gasteiger charge is 2.28. The normalized spacial score (nSPS) is 11.9. The zero-order chi connectivity index (χ0) is 40.9. The number of hydrogen-bond donors (Lipinski definition) is 3. The third-order valence-electron chi connectivity index (χ3n) is 8.94. The Bertz CT molecular complexity index is 2540. The fourth-order valence-electron chi connectivity index (χ4n) is 6.27. The molecule has 0 aliphatic heterocycles. The van der Waals surface area contributed by atoms with Crippen molar-refractivity contribution in [1.29, 1.82) is 0 Å². The number of ether oxygens (including phenoxy) is 3. The molecule has 0 radical (unpaired) electrons. The van der Waals surface area contributed by atoms with Crippen molar-refractivity contribution in [2.75, 3.05) is 25.5 Å². The smallest absolute Gasteiger partial charge is 0.326 e. The number of nitrogens with one attached hydrogen (secondary N) is 2. The van der Waals surface area contributed by atoms with E-state index in [1.54, 1.807) is 30.5 Å². The molecule has 0 aliphatic carbocycles. The number of aromatic nitrogens is 2. The average Bonchev–Trinajstić information content (AvgIpc) is 3.19. The van der Waals surface area contributed by atoms with Gasteiger partial charge in [0.15, 0.2) is 0 Å². The molecule has 1 atom stereocenters. The van der Waals surface area contributed by atoms with Gasteiger partial charge in [-0.2, -0.15) is 4.39 Å². The molecule has 0 fully saturated rings. The summed E-state index contributed by atoms with van der Waals surface area (Å²) in [7, 11) is -1.35. The van der Waals surface area contributed by atoms with Gasteiger partial charge in [0.1, 0.15) is 34.7 Å². The van der Waals surface area contributed by atoms with E-state index in [1.165, 1.54) is 56.8 Å². The zero-order valence-electron chi connectivity index (χ0n) is 30.7. The highest BCUT2D eigenvalue weighted by Crippen LogP contribution is 2.43. The summed E-state index contributed by atoms with van der Waals surface area (Å²) in [6, 6.07) is 17.9. The minimum absolute atomic E-state index is 0.267. The molecule has 0 aliphatic rings. The topological polar surface area (TPSA) is 166 Å². The van der Waals surface area contributed by atoms with Gasteiger partial charge in [0.2, 0.25) is 5.95 Å². The van der Waals surface area contributed by atoms with E-state index < -0.39 is 56.8 Å². The number of methoxy groups -OCH3 is 2. The van der Waals surface area contributed by atoms with Gasteiger partial charge < -0.3 is 24.6 Å². The summed E-state index contributed by atoms with van der Waals surface area (Å²) in [5.41, 5.74) is 2.22. The molecule has 12 nitrogen and oxygen atoms in total. The van der Waals surface area contributed by atoms with Crippen LogP contribution < -0.4 is 19.5 Å². The van der Waals surface area contributed by atoms with E-state index in [0.29, 0.717) is 75.6 Å².